The van der Waals surface area contributed by atoms with Gasteiger partial charge < -0.3 is 10.1 Å². The first kappa shape index (κ1) is 20.0. The molecule has 2 fully saturated rings. The highest BCUT2D eigenvalue weighted by atomic mass is 35.5. The van der Waals surface area contributed by atoms with E-state index in [1.807, 2.05) is 12.1 Å². The van der Waals surface area contributed by atoms with Gasteiger partial charge in [-0.1, -0.05) is 29.8 Å². The van der Waals surface area contributed by atoms with Crippen LogP contribution in [0.1, 0.15) is 24.4 Å². The van der Waals surface area contributed by atoms with Gasteiger partial charge >= 0.3 is 0 Å². The minimum atomic E-state index is 0. The number of nitrogens with one attached hydrogen (secondary N) is 1. The SMILES string of the molecule is Cl.Cl.Clc1ccccc1[C@@H](C1CCOCC1)N1CCNCC1. The fourth-order valence-corrected chi connectivity index (χ4v) is 3.70. The topological polar surface area (TPSA) is 24.5 Å². The molecule has 1 N–H and O–H groups in total. The Kier molecular flexibility index (Phi) is 9.07. The molecule has 2 heterocycles. The molecule has 22 heavy (non-hydrogen) atoms. The van der Waals surface area contributed by atoms with Crippen molar-refractivity contribution in [1.82, 2.24) is 10.2 Å². The molecular weight excluding hydrogens is 343 g/mol. The van der Waals surface area contributed by atoms with E-state index in [1.165, 1.54) is 5.56 Å². The zero-order valence-electron chi connectivity index (χ0n) is 12.7. The van der Waals surface area contributed by atoms with Crippen LogP contribution in [0.3, 0.4) is 0 Å². The summed E-state index contributed by atoms with van der Waals surface area (Å²) in [6.45, 7) is 6.13. The second-order valence-electron chi connectivity index (χ2n) is 5.70. The van der Waals surface area contributed by atoms with Crippen LogP contribution in [-0.2, 0) is 4.74 Å². The number of benzene rings is 1. The summed E-state index contributed by atoms with van der Waals surface area (Å²) in [5.74, 6) is 0.654. The van der Waals surface area contributed by atoms with Crippen LogP contribution in [-0.4, -0.2) is 44.3 Å². The molecule has 2 aliphatic heterocycles. The van der Waals surface area contributed by atoms with Crippen molar-refractivity contribution in [2.24, 2.45) is 5.92 Å². The van der Waals surface area contributed by atoms with Crippen LogP contribution in [0, 0.1) is 5.92 Å². The van der Waals surface area contributed by atoms with Crippen molar-refractivity contribution in [2.45, 2.75) is 18.9 Å². The van der Waals surface area contributed by atoms with Crippen LogP contribution in [0.5, 0.6) is 0 Å². The van der Waals surface area contributed by atoms with Gasteiger partial charge in [-0.2, -0.15) is 0 Å². The predicted octanol–water partition coefficient (Wildman–Crippen LogP) is 3.56. The third-order valence-electron chi connectivity index (χ3n) is 4.48. The highest BCUT2D eigenvalue weighted by Crippen LogP contribution is 2.38. The Balaban J connectivity index is 0.00000121. The summed E-state index contributed by atoms with van der Waals surface area (Å²) in [6.07, 6.45) is 2.28. The third-order valence-corrected chi connectivity index (χ3v) is 4.83. The normalized spacial score (nSPS) is 21.5. The monoisotopic (exact) mass is 366 g/mol. The fraction of sp³-hybridized carbons (Fsp3) is 0.625. The van der Waals surface area contributed by atoms with Crippen LogP contribution in [0.2, 0.25) is 5.02 Å². The summed E-state index contributed by atoms with van der Waals surface area (Å²) in [5.41, 5.74) is 1.29. The second-order valence-corrected chi connectivity index (χ2v) is 6.11. The first-order chi connectivity index (χ1) is 9.86. The molecule has 0 bridgehead atoms. The average Bonchev–Trinajstić information content (AvgIpc) is 2.52. The molecule has 6 heteroatoms. The fourth-order valence-electron chi connectivity index (χ4n) is 3.46. The van der Waals surface area contributed by atoms with Gasteiger partial charge in [-0.25, -0.2) is 0 Å². The number of ether oxygens (including phenoxy) is 1. The van der Waals surface area contributed by atoms with E-state index in [0.717, 1.165) is 57.3 Å². The van der Waals surface area contributed by atoms with E-state index in [0.29, 0.717) is 12.0 Å². The van der Waals surface area contributed by atoms with E-state index in [2.05, 4.69) is 22.3 Å². The molecule has 1 aromatic carbocycles. The Morgan fingerprint density at radius 2 is 1.73 bits per heavy atom. The number of halogens is 3. The van der Waals surface area contributed by atoms with E-state index in [-0.39, 0.29) is 24.8 Å². The summed E-state index contributed by atoms with van der Waals surface area (Å²) in [7, 11) is 0. The zero-order valence-corrected chi connectivity index (χ0v) is 15.1. The van der Waals surface area contributed by atoms with E-state index in [9.17, 15) is 0 Å². The maximum atomic E-state index is 6.48. The summed E-state index contributed by atoms with van der Waals surface area (Å²) < 4.78 is 5.54. The Morgan fingerprint density at radius 3 is 2.36 bits per heavy atom. The van der Waals surface area contributed by atoms with Crippen LogP contribution >= 0.6 is 36.4 Å². The Bertz CT molecular complexity index is 417. The summed E-state index contributed by atoms with van der Waals surface area (Å²) in [5, 5.41) is 4.34. The molecular formula is C16H25Cl3N2O. The van der Waals surface area contributed by atoms with Gasteiger partial charge in [0.15, 0.2) is 0 Å². The molecule has 0 saturated carbocycles. The highest BCUT2D eigenvalue weighted by molar-refractivity contribution is 6.31. The zero-order chi connectivity index (χ0) is 13.8. The number of nitrogens with zero attached hydrogens (tertiary/aromatic N) is 1. The number of hydrogen-bond donors (Lipinski definition) is 1. The Labute approximate surface area is 150 Å². The lowest BCUT2D eigenvalue weighted by Crippen LogP contribution is -2.47. The molecule has 0 aromatic heterocycles. The van der Waals surface area contributed by atoms with Crippen molar-refractivity contribution in [2.75, 3.05) is 39.4 Å². The van der Waals surface area contributed by atoms with Crippen molar-refractivity contribution in [3.63, 3.8) is 0 Å². The maximum absolute atomic E-state index is 6.48. The lowest BCUT2D eigenvalue weighted by molar-refractivity contribution is 0.0213. The van der Waals surface area contributed by atoms with Crippen molar-refractivity contribution < 1.29 is 4.74 Å². The minimum absolute atomic E-state index is 0. The van der Waals surface area contributed by atoms with Gasteiger partial charge in [-0.15, -0.1) is 24.8 Å². The predicted molar refractivity (Wildman–Crippen MR) is 96.7 cm³/mol. The number of rotatable bonds is 3. The van der Waals surface area contributed by atoms with Crippen LogP contribution in [0.25, 0.3) is 0 Å². The van der Waals surface area contributed by atoms with Crippen LogP contribution in [0.15, 0.2) is 24.3 Å². The molecule has 2 aliphatic rings. The van der Waals surface area contributed by atoms with Gasteiger partial charge in [0.25, 0.3) is 0 Å². The lowest BCUT2D eigenvalue weighted by Gasteiger charge is -2.41. The van der Waals surface area contributed by atoms with Crippen LogP contribution in [0.4, 0.5) is 0 Å². The second kappa shape index (κ2) is 9.96. The first-order valence-electron chi connectivity index (χ1n) is 7.63. The van der Waals surface area contributed by atoms with Gasteiger partial charge in [0.1, 0.15) is 0 Å². The molecule has 3 rings (SSSR count). The van der Waals surface area contributed by atoms with Gasteiger partial charge in [-0.05, 0) is 30.4 Å². The molecule has 1 atom stereocenters. The Morgan fingerprint density at radius 1 is 1.09 bits per heavy atom. The molecule has 0 amide bonds. The molecule has 0 unspecified atom stereocenters. The van der Waals surface area contributed by atoms with Crippen molar-refractivity contribution in [3.8, 4) is 0 Å². The molecule has 0 aliphatic carbocycles. The van der Waals surface area contributed by atoms with Crippen LogP contribution < -0.4 is 5.32 Å². The highest BCUT2D eigenvalue weighted by Gasteiger charge is 2.32. The van der Waals surface area contributed by atoms with E-state index in [4.69, 9.17) is 16.3 Å². The molecule has 0 radical (unpaired) electrons. The van der Waals surface area contributed by atoms with Crippen molar-refractivity contribution >= 4 is 36.4 Å². The molecule has 0 spiro atoms. The standard InChI is InChI=1S/C16H23ClN2O.2ClH/c17-15-4-2-1-3-14(15)16(13-5-11-20-12-6-13)19-9-7-18-8-10-19;;/h1-4,13,16,18H,5-12H2;2*1H/t16-;;/m1../s1. The molecule has 2 saturated heterocycles. The summed E-state index contributed by atoms with van der Waals surface area (Å²) in [6, 6.07) is 8.78. The minimum Gasteiger partial charge on any atom is -0.381 e. The molecule has 126 valence electrons. The Hall–Kier alpha value is -0.0300. The quantitative estimate of drug-likeness (QED) is 0.884. The van der Waals surface area contributed by atoms with Gasteiger partial charge in [0.05, 0.1) is 0 Å². The molecule has 3 nitrogen and oxygen atoms in total. The number of piperazine rings is 1. The van der Waals surface area contributed by atoms with E-state index >= 15 is 0 Å². The van der Waals surface area contributed by atoms with Crippen molar-refractivity contribution in [1.29, 1.82) is 0 Å². The first-order valence-corrected chi connectivity index (χ1v) is 8.01. The maximum Gasteiger partial charge on any atom is 0.0469 e. The summed E-state index contributed by atoms with van der Waals surface area (Å²) >= 11 is 6.48. The smallest absolute Gasteiger partial charge is 0.0469 e. The van der Waals surface area contributed by atoms with E-state index < -0.39 is 0 Å². The average molecular weight is 368 g/mol. The summed E-state index contributed by atoms with van der Waals surface area (Å²) in [4.78, 5) is 2.60. The third kappa shape index (κ3) is 4.73. The van der Waals surface area contributed by atoms with Gasteiger partial charge in [0, 0.05) is 50.5 Å². The molecule has 1 aromatic rings. The largest absolute Gasteiger partial charge is 0.381 e. The van der Waals surface area contributed by atoms with Gasteiger partial charge in [0.2, 0.25) is 0 Å². The van der Waals surface area contributed by atoms with Crippen molar-refractivity contribution in [3.05, 3.63) is 34.9 Å². The lowest BCUT2D eigenvalue weighted by atomic mass is 9.85. The number of hydrogen-bond acceptors (Lipinski definition) is 3. The van der Waals surface area contributed by atoms with E-state index in [1.54, 1.807) is 0 Å². The van der Waals surface area contributed by atoms with Gasteiger partial charge in [-0.3, -0.25) is 4.90 Å².